The zero-order valence-corrected chi connectivity index (χ0v) is 11.9. The summed E-state index contributed by atoms with van der Waals surface area (Å²) < 4.78 is 0. The third-order valence-electron chi connectivity index (χ3n) is 4.01. The number of para-hydroxylation sites is 1. The molecule has 0 spiro atoms. The van der Waals surface area contributed by atoms with Gasteiger partial charge < -0.3 is 4.98 Å². The van der Waals surface area contributed by atoms with Crippen molar-refractivity contribution in [3.63, 3.8) is 0 Å². The van der Waals surface area contributed by atoms with Gasteiger partial charge in [-0.2, -0.15) is 0 Å². The van der Waals surface area contributed by atoms with Crippen LogP contribution in [0.5, 0.6) is 0 Å². The summed E-state index contributed by atoms with van der Waals surface area (Å²) in [5, 5.41) is 2.59. The number of nitrogens with zero attached hydrogens (tertiary/aromatic N) is 1. The lowest BCUT2D eigenvalue weighted by Crippen LogP contribution is -1.98. The van der Waals surface area contributed by atoms with Gasteiger partial charge in [0.25, 0.3) is 0 Å². The normalized spacial score (nSPS) is 11.5. The number of hydrogen-bond donors (Lipinski definition) is 1. The largest absolute Gasteiger partial charge is 0.339 e. The molecule has 0 amide bonds. The smallest absolute Gasteiger partial charge is 0.138 e. The quantitative estimate of drug-likeness (QED) is 0.720. The Hall–Kier alpha value is -1.83. The second-order valence-corrected chi connectivity index (χ2v) is 5.30. The fourth-order valence-electron chi connectivity index (χ4n) is 2.97. The molecule has 0 saturated carbocycles. The number of aromatic nitrogens is 2. The van der Waals surface area contributed by atoms with Crippen LogP contribution in [-0.4, -0.2) is 9.97 Å². The zero-order chi connectivity index (χ0) is 13.4. The Balaban J connectivity index is 2.31. The summed E-state index contributed by atoms with van der Waals surface area (Å²) in [6.07, 6.45) is 3.60. The van der Waals surface area contributed by atoms with Crippen LogP contribution in [0.1, 0.15) is 36.6 Å². The molecule has 0 saturated heterocycles. The molecule has 98 valence electrons. The van der Waals surface area contributed by atoms with E-state index < -0.39 is 0 Å². The lowest BCUT2D eigenvalue weighted by molar-refractivity contribution is 0.784. The molecular formula is C17H20N2. The second kappa shape index (κ2) is 4.69. The molecule has 19 heavy (non-hydrogen) atoms. The van der Waals surface area contributed by atoms with Gasteiger partial charge in [0.2, 0.25) is 0 Å². The number of nitrogens with one attached hydrogen (secondary N) is 1. The van der Waals surface area contributed by atoms with Gasteiger partial charge in [-0.05, 0) is 43.9 Å². The van der Waals surface area contributed by atoms with Crippen molar-refractivity contribution in [2.75, 3.05) is 0 Å². The third-order valence-corrected chi connectivity index (χ3v) is 4.01. The maximum atomic E-state index is 4.77. The molecule has 3 rings (SSSR count). The van der Waals surface area contributed by atoms with Crippen molar-refractivity contribution in [2.45, 2.75) is 40.0 Å². The van der Waals surface area contributed by atoms with Crippen LogP contribution >= 0.6 is 0 Å². The van der Waals surface area contributed by atoms with Gasteiger partial charge in [0, 0.05) is 22.0 Å². The summed E-state index contributed by atoms with van der Waals surface area (Å²) in [5.74, 6) is 0. The summed E-state index contributed by atoms with van der Waals surface area (Å²) in [6.45, 7) is 6.60. The highest BCUT2D eigenvalue weighted by molar-refractivity contribution is 6.07. The molecule has 1 N–H and O–H groups in total. The van der Waals surface area contributed by atoms with Gasteiger partial charge in [0.1, 0.15) is 5.65 Å². The molecule has 2 nitrogen and oxygen atoms in total. The highest BCUT2D eigenvalue weighted by atomic mass is 14.9. The van der Waals surface area contributed by atoms with Crippen LogP contribution in [0.25, 0.3) is 21.9 Å². The average Bonchev–Trinajstić information content (AvgIpc) is 2.76. The molecule has 0 unspecified atom stereocenters. The molecule has 0 bridgehead atoms. The standard InChI is InChI=1S/C17H20N2/c1-4-5-8-13-11(2)16-14-9-6-7-10-15(14)19-17(16)18-12(13)3/h6-7,9-10H,4-5,8H2,1-3H3,(H,18,19). The Morgan fingerprint density at radius 1 is 1.16 bits per heavy atom. The van der Waals surface area contributed by atoms with Gasteiger partial charge in [0.05, 0.1) is 0 Å². The number of rotatable bonds is 3. The number of benzene rings is 1. The maximum absolute atomic E-state index is 4.77. The number of H-pyrrole nitrogens is 1. The minimum Gasteiger partial charge on any atom is -0.339 e. The summed E-state index contributed by atoms with van der Waals surface area (Å²) in [5.41, 5.74) is 6.20. The molecule has 0 aliphatic heterocycles. The molecule has 2 heteroatoms. The minimum atomic E-state index is 1.02. The van der Waals surface area contributed by atoms with Gasteiger partial charge >= 0.3 is 0 Å². The number of unbranched alkanes of at least 4 members (excludes halogenated alkanes) is 1. The van der Waals surface area contributed by atoms with E-state index in [9.17, 15) is 0 Å². The molecule has 0 atom stereocenters. The van der Waals surface area contributed by atoms with Crippen LogP contribution < -0.4 is 0 Å². The number of fused-ring (bicyclic) bond motifs is 3. The van der Waals surface area contributed by atoms with E-state index in [1.807, 2.05) is 0 Å². The van der Waals surface area contributed by atoms with Gasteiger partial charge in [-0.15, -0.1) is 0 Å². The lowest BCUT2D eigenvalue weighted by atomic mass is 9.98. The van der Waals surface area contributed by atoms with Gasteiger partial charge in [-0.25, -0.2) is 4.98 Å². The first-order valence-electron chi connectivity index (χ1n) is 7.09. The molecule has 0 aliphatic carbocycles. The number of hydrogen-bond acceptors (Lipinski definition) is 1. The summed E-state index contributed by atoms with van der Waals surface area (Å²) >= 11 is 0. The van der Waals surface area contributed by atoms with E-state index in [0.29, 0.717) is 0 Å². The van der Waals surface area contributed by atoms with Crippen LogP contribution in [-0.2, 0) is 6.42 Å². The third kappa shape index (κ3) is 1.92. The van der Waals surface area contributed by atoms with E-state index in [1.165, 1.54) is 46.0 Å². The topological polar surface area (TPSA) is 28.7 Å². The molecular weight excluding hydrogens is 232 g/mol. The van der Waals surface area contributed by atoms with E-state index in [-0.39, 0.29) is 0 Å². The first-order valence-corrected chi connectivity index (χ1v) is 7.09. The summed E-state index contributed by atoms with van der Waals surface area (Å²) in [6, 6.07) is 8.47. The minimum absolute atomic E-state index is 1.02. The van der Waals surface area contributed by atoms with Crippen molar-refractivity contribution in [1.82, 2.24) is 9.97 Å². The monoisotopic (exact) mass is 252 g/mol. The molecule has 3 aromatic rings. The molecule has 0 aliphatic rings. The fourth-order valence-corrected chi connectivity index (χ4v) is 2.97. The van der Waals surface area contributed by atoms with Gasteiger partial charge in [-0.1, -0.05) is 31.5 Å². The second-order valence-electron chi connectivity index (χ2n) is 5.30. The van der Waals surface area contributed by atoms with Crippen molar-refractivity contribution in [1.29, 1.82) is 0 Å². The maximum Gasteiger partial charge on any atom is 0.138 e. The van der Waals surface area contributed by atoms with Crippen LogP contribution in [0.2, 0.25) is 0 Å². The first-order chi connectivity index (χ1) is 9.22. The number of aryl methyl sites for hydroxylation is 2. The Bertz CT molecular complexity index is 738. The van der Waals surface area contributed by atoms with E-state index >= 15 is 0 Å². The van der Waals surface area contributed by atoms with Crippen LogP contribution in [0.15, 0.2) is 24.3 Å². The highest BCUT2D eigenvalue weighted by Gasteiger charge is 2.13. The van der Waals surface area contributed by atoms with E-state index in [4.69, 9.17) is 4.98 Å². The van der Waals surface area contributed by atoms with E-state index in [0.717, 1.165) is 12.1 Å². The Kier molecular flexibility index (Phi) is 3.02. The van der Waals surface area contributed by atoms with Crippen LogP contribution in [0.4, 0.5) is 0 Å². The zero-order valence-electron chi connectivity index (χ0n) is 11.9. The van der Waals surface area contributed by atoms with Gasteiger partial charge in [-0.3, -0.25) is 0 Å². The predicted molar refractivity (Wildman–Crippen MR) is 81.7 cm³/mol. The Morgan fingerprint density at radius 3 is 2.74 bits per heavy atom. The van der Waals surface area contributed by atoms with Gasteiger partial charge in [0.15, 0.2) is 0 Å². The van der Waals surface area contributed by atoms with Crippen LogP contribution in [0, 0.1) is 13.8 Å². The first kappa shape index (κ1) is 12.2. The highest BCUT2D eigenvalue weighted by Crippen LogP contribution is 2.30. The van der Waals surface area contributed by atoms with Crippen LogP contribution in [0.3, 0.4) is 0 Å². The molecule has 2 aromatic heterocycles. The van der Waals surface area contributed by atoms with Crippen molar-refractivity contribution in [3.8, 4) is 0 Å². The summed E-state index contributed by atoms with van der Waals surface area (Å²) in [7, 11) is 0. The van der Waals surface area contributed by atoms with Crippen molar-refractivity contribution in [2.24, 2.45) is 0 Å². The van der Waals surface area contributed by atoms with E-state index in [2.05, 4.69) is 50.0 Å². The molecule has 2 heterocycles. The Labute approximate surface area is 113 Å². The van der Waals surface area contributed by atoms with Crippen molar-refractivity contribution in [3.05, 3.63) is 41.1 Å². The Morgan fingerprint density at radius 2 is 1.95 bits per heavy atom. The summed E-state index contributed by atoms with van der Waals surface area (Å²) in [4.78, 5) is 8.20. The average molecular weight is 252 g/mol. The predicted octanol–water partition coefficient (Wildman–Crippen LogP) is 4.68. The molecule has 0 radical (unpaired) electrons. The SMILES string of the molecule is CCCCc1c(C)nc2[nH]c3ccccc3c2c1C. The number of aromatic amines is 1. The molecule has 0 fully saturated rings. The molecule has 1 aromatic carbocycles. The van der Waals surface area contributed by atoms with E-state index in [1.54, 1.807) is 0 Å². The fraction of sp³-hybridized carbons (Fsp3) is 0.353. The van der Waals surface area contributed by atoms with Crippen molar-refractivity contribution >= 4 is 21.9 Å². The number of pyridine rings is 1. The lowest BCUT2D eigenvalue weighted by Gasteiger charge is -2.10. The van der Waals surface area contributed by atoms with Crippen molar-refractivity contribution < 1.29 is 0 Å².